The normalized spacial score (nSPS) is 11.7. The van der Waals surface area contributed by atoms with Crippen LogP contribution in [0.15, 0.2) is 46.0 Å². The minimum atomic E-state index is -0.584. The Bertz CT molecular complexity index is 547. The fraction of sp³-hybridized carbons (Fsp3) is 0.154. The van der Waals surface area contributed by atoms with E-state index in [0.717, 1.165) is 12.1 Å². The highest BCUT2D eigenvalue weighted by Crippen LogP contribution is 2.25. The van der Waals surface area contributed by atoms with Gasteiger partial charge in [0, 0.05) is 12.4 Å². The highest BCUT2D eigenvalue weighted by Gasteiger charge is 2.16. The topological polar surface area (TPSA) is 45.0 Å². The quantitative estimate of drug-likeness (QED) is 0.331. The zero-order chi connectivity index (χ0) is 15.7. The molecule has 0 aliphatic carbocycles. The van der Waals surface area contributed by atoms with Gasteiger partial charge < -0.3 is 0 Å². The molecular weight excluding hydrogens is 316 g/mol. The van der Waals surface area contributed by atoms with Gasteiger partial charge in [-0.15, -0.1) is 16.3 Å². The molecule has 0 saturated heterocycles. The molecule has 21 heavy (non-hydrogen) atoms. The number of hydrogen-bond donors (Lipinski definition) is 0. The van der Waals surface area contributed by atoms with E-state index in [4.69, 9.17) is 0 Å². The molecule has 0 aromatic heterocycles. The van der Waals surface area contributed by atoms with Gasteiger partial charge in [-0.05, 0) is 37.2 Å². The van der Waals surface area contributed by atoms with Crippen molar-refractivity contribution < 1.29 is 13.7 Å². The van der Waals surface area contributed by atoms with Crippen molar-refractivity contribution in [2.24, 2.45) is 9.98 Å². The Morgan fingerprint density at radius 2 is 2.10 bits per heavy atom. The summed E-state index contributed by atoms with van der Waals surface area (Å²) in [6.45, 7) is 3.25. The van der Waals surface area contributed by atoms with E-state index in [9.17, 15) is 13.7 Å². The molecule has 4 nitrogen and oxygen atoms in total. The number of carbonyl (C=O) groups excluding carboxylic acids is 1. The van der Waals surface area contributed by atoms with Crippen molar-refractivity contribution in [3.05, 3.63) is 41.9 Å². The lowest BCUT2D eigenvalue weighted by Crippen LogP contribution is -2.09. The van der Waals surface area contributed by atoms with Crippen molar-refractivity contribution in [1.82, 2.24) is 0 Å². The minimum Gasteiger partial charge on any atom is -0.282 e. The molecule has 0 fully saturated rings. The molecule has 1 rings (SSSR count). The number of nitrogens with zero attached hydrogens (tertiary/aromatic N) is 3. The van der Waals surface area contributed by atoms with Crippen LogP contribution in [0, 0.1) is 5.82 Å². The third-order valence-electron chi connectivity index (χ3n) is 2.09. The highest BCUT2D eigenvalue weighted by molar-refractivity contribution is 8.15. The van der Waals surface area contributed by atoms with Crippen LogP contribution in [-0.2, 0) is 4.79 Å². The molecule has 0 radical (unpaired) electrons. The number of anilines is 1. The second-order valence-electron chi connectivity index (χ2n) is 3.60. The van der Waals surface area contributed by atoms with Crippen LogP contribution in [0.2, 0.25) is 0 Å². The monoisotopic (exact) mass is 329 g/mol. The van der Waals surface area contributed by atoms with Crippen LogP contribution in [0.1, 0.15) is 0 Å². The molecule has 0 amide bonds. The van der Waals surface area contributed by atoms with Gasteiger partial charge in [0.2, 0.25) is 5.12 Å². The molecule has 0 saturated carbocycles. The molecule has 0 heterocycles. The zero-order valence-corrected chi connectivity index (χ0v) is 12.8. The summed E-state index contributed by atoms with van der Waals surface area (Å²) < 4.78 is 26.7. The van der Waals surface area contributed by atoms with Gasteiger partial charge in [-0.2, -0.15) is 0 Å². The van der Waals surface area contributed by atoms with Gasteiger partial charge in [-0.3, -0.25) is 14.8 Å². The lowest BCUT2D eigenvalue weighted by molar-refractivity contribution is -0.107. The van der Waals surface area contributed by atoms with Gasteiger partial charge in [0.05, 0.1) is 29.1 Å². The summed E-state index contributed by atoms with van der Waals surface area (Å²) in [4.78, 5) is 19.4. The molecule has 1 aromatic rings. The Morgan fingerprint density at radius 1 is 1.43 bits per heavy atom. The summed E-state index contributed by atoms with van der Waals surface area (Å²) >= 11 is 1.79. The summed E-state index contributed by atoms with van der Waals surface area (Å²) in [5, 5.41) is -0.584. The average molecular weight is 329 g/mol. The van der Waals surface area contributed by atoms with Crippen LogP contribution in [0.3, 0.4) is 0 Å². The molecule has 0 aliphatic rings. The number of aliphatic imine (C=N–C) groups is 2. The molecule has 0 atom stereocenters. The lowest BCUT2D eigenvalue weighted by Gasteiger charge is -2.11. The molecule has 8 heteroatoms. The maximum atomic E-state index is 13.8. The average Bonchev–Trinajstić information content (AvgIpc) is 2.47. The van der Waals surface area contributed by atoms with E-state index in [1.165, 1.54) is 36.3 Å². The van der Waals surface area contributed by atoms with E-state index < -0.39 is 10.9 Å². The van der Waals surface area contributed by atoms with Crippen molar-refractivity contribution in [3.63, 3.8) is 0 Å². The molecule has 0 spiro atoms. The summed E-state index contributed by atoms with van der Waals surface area (Å²) in [6.07, 6.45) is 4.39. The summed E-state index contributed by atoms with van der Waals surface area (Å²) in [6, 6.07) is 4.67. The van der Waals surface area contributed by atoms with Crippen LogP contribution in [0.4, 0.5) is 14.6 Å². The Kier molecular flexibility index (Phi) is 7.70. The van der Waals surface area contributed by atoms with Crippen LogP contribution < -0.4 is 4.53 Å². The Hall–Kier alpha value is -1.67. The van der Waals surface area contributed by atoms with E-state index in [-0.39, 0.29) is 15.8 Å². The first-order valence-corrected chi connectivity index (χ1v) is 7.83. The predicted molar refractivity (Wildman–Crippen MR) is 87.1 cm³/mol. The standard InChI is InChI=1S/C13H13F2N3OS2/c1-16-7-10(8-17-9-20-2)13(19)21-18(15)12-5-3-11(14)4-6-12/h3-8H,1,9H2,2H3/b10-7+,17-8?. The predicted octanol–water partition coefficient (Wildman–Crippen LogP) is 3.67. The molecule has 112 valence electrons. The minimum absolute atomic E-state index is 0.0571. The SMILES string of the molecule is C=N/C=C(\C=NCSC)C(=O)SN(F)c1ccc(F)cc1. The largest absolute Gasteiger partial charge is 0.282 e. The molecule has 0 N–H and O–H groups in total. The van der Waals surface area contributed by atoms with Crippen molar-refractivity contribution >= 4 is 47.4 Å². The first-order valence-electron chi connectivity index (χ1n) is 5.67. The second kappa shape index (κ2) is 9.30. The fourth-order valence-corrected chi connectivity index (χ4v) is 1.99. The zero-order valence-electron chi connectivity index (χ0n) is 11.2. The number of benzene rings is 1. The van der Waals surface area contributed by atoms with Gasteiger partial charge in [0.15, 0.2) is 0 Å². The van der Waals surface area contributed by atoms with E-state index in [0.29, 0.717) is 17.8 Å². The van der Waals surface area contributed by atoms with E-state index in [1.807, 2.05) is 6.26 Å². The van der Waals surface area contributed by atoms with Gasteiger partial charge in [0.1, 0.15) is 5.82 Å². The number of halogens is 2. The van der Waals surface area contributed by atoms with Crippen molar-refractivity contribution in [2.45, 2.75) is 0 Å². The summed E-state index contributed by atoms with van der Waals surface area (Å²) in [5.74, 6) is -0.00637. The number of carbonyl (C=O) groups is 1. The second-order valence-corrected chi connectivity index (χ2v) is 5.31. The highest BCUT2D eigenvalue weighted by atomic mass is 32.2. The van der Waals surface area contributed by atoms with Gasteiger partial charge in [-0.25, -0.2) is 4.39 Å². The number of thioether (sulfide) groups is 1. The van der Waals surface area contributed by atoms with Crippen molar-refractivity contribution in [1.29, 1.82) is 0 Å². The van der Waals surface area contributed by atoms with E-state index in [1.54, 1.807) is 0 Å². The number of rotatable bonds is 7. The van der Waals surface area contributed by atoms with E-state index >= 15 is 0 Å². The lowest BCUT2D eigenvalue weighted by atomic mass is 10.3. The molecule has 0 unspecified atom stereocenters. The molecule has 1 aromatic carbocycles. The molecule has 0 aliphatic heterocycles. The van der Waals surface area contributed by atoms with Crippen LogP contribution >= 0.6 is 23.7 Å². The Labute approximate surface area is 130 Å². The summed E-state index contributed by atoms with van der Waals surface area (Å²) in [5.41, 5.74) is 0.176. The van der Waals surface area contributed by atoms with Gasteiger partial charge in [-0.1, -0.05) is 4.48 Å². The van der Waals surface area contributed by atoms with E-state index in [2.05, 4.69) is 16.7 Å². The summed E-state index contributed by atoms with van der Waals surface area (Å²) in [7, 11) is 0. The van der Waals surface area contributed by atoms with Crippen LogP contribution in [-0.4, -0.2) is 30.2 Å². The first kappa shape index (κ1) is 17.4. The number of hydrogen-bond acceptors (Lipinski definition) is 6. The van der Waals surface area contributed by atoms with Crippen molar-refractivity contribution in [2.75, 3.05) is 16.7 Å². The Balaban J connectivity index is 2.74. The maximum Gasteiger partial charge on any atom is 0.245 e. The van der Waals surface area contributed by atoms with Crippen molar-refractivity contribution in [3.8, 4) is 0 Å². The molecule has 0 bridgehead atoms. The fourth-order valence-electron chi connectivity index (χ4n) is 1.18. The third-order valence-corrected chi connectivity index (χ3v) is 3.27. The van der Waals surface area contributed by atoms with Gasteiger partial charge in [0.25, 0.3) is 0 Å². The van der Waals surface area contributed by atoms with Crippen LogP contribution in [0.5, 0.6) is 0 Å². The first-order chi connectivity index (χ1) is 10.1. The maximum absolute atomic E-state index is 13.8. The van der Waals surface area contributed by atoms with Gasteiger partial charge >= 0.3 is 0 Å². The smallest absolute Gasteiger partial charge is 0.245 e. The molecular formula is C13H13F2N3OS2. The third kappa shape index (κ3) is 6.09. The van der Waals surface area contributed by atoms with Crippen LogP contribution in [0.25, 0.3) is 0 Å². The Morgan fingerprint density at radius 3 is 2.67 bits per heavy atom.